The monoisotopic (exact) mass is 367 g/mol. The summed E-state index contributed by atoms with van der Waals surface area (Å²) in [7, 11) is -3.36. The molecule has 1 fully saturated rings. The van der Waals surface area contributed by atoms with Crippen LogP contribution in [0, 0.1) is 6.92 Å². The van der Waals surface area contributed by atoms with E-state index in [1.807, 2.05) is 11.8 Å². The Morgan fingerprint density at radius 3 is 2.36 bits per heavy atom. The minimum absolute atomic E-state index is 0.0148. The second-order valence-corrected chi connectivity index (χ2v) is 8.29. The quantitative estimate of drug-likeness (QED) is 0.808. The Kier molecular flexibility index (Phi) is 6.18. The van der Waals surface area contributed by atoms with Gasteiger partial charge in [-0.2, -0.15) is 0 Å². The van der Waals surface area contributed by atoms with Gasteiger partial charge in [0.15, 0.2) is 9.84 Å². The normalized spacial score (nSPS) is 15.9. The van der Waals surface area contributed by atoms with Crippen LogP contribution < -0.4 is 5.32 Å². The molecule has 1 saturated heterocycles. The van der Waals surface area contributed by atoms with Gasteiger partial charge in [0.1, 0.15) is 0 Å². The highest BCUT2D eigenvalue weighted by molar-refractivity contribution is 7.90. The first-order chi connectivity index (χ1) is 11.7. The zero-order valence-corrected chi connectivity index (χ0v) is 15.7. The summed E-state index contributed by atoms with van der Waals surface area (Å²) in [6.07, 6.45) is 1.13. The van der Waals surface area contributed by atoms with Crippen molar-refractivity contribution in [1.29, 1.82) is 0 Å². The van der Waals surface area contributed by atoms with Crippen molar-refractivity contribution >= 4 is 21.7 Å². The van der Waals surface area contributed by atoms with Gasteiger partial charge < -0.3 is 10.2 Å². The van der Waals surface area contributed by atoms with Crippen LogP contribution in [-0.2, 0) is 14.6 Å². The van der Waals surface area contributed by atoms with E-state index in [0.717, 1.165) is 11.8 Å². The summed E-state index contributed by atoms with van der Waals surface area (Å²) in [6.45, 7) is 6.88. The van der Waals surface area contributed by atoms with Crippen molar-refractivity contribution in [2.75, 3.05) is 45.5 Å². The molecule has 0 spiro atoms. The third-order valence-electron chi connectivity index (χ3n) is 4.27. The van der Waals surface area contributed by atoms with Crippen molar-refractivity contribution in [3.8, 4) is 0 Å². The highest BCUT2D eigenvalue weighted by Crippen LogP contribution is 2.18. The Labute approximate surface area is 148 Å². The molecule has 1 aliphatic heterocycles. The van der Waals surface area contributed by atoms with Crippen molar-refractivity contribution in [2.24, 2.45) is 0 Å². The molecule has 1 aliphatic rings. The molecule has 1 heterocycles. The van der Waals surface area contributed by atoms with Gasteiger partial charge in [0.05, 0.1) is 11.4 Å². The molecule has 0 saturated carbocycles. The maximum atomic E-state index is 12.8. The Balaban J connectivity index is 2.04. The number of carbonyl (C=O) groups excluding carboxylic acids is 2. The zero-order chi connectivity index (χ0) is 18.6. The van der Waals surface area contributed by atoms with Crippen LogP contribution in [0.4, 0.5) is 0 Å². The molecule has 0 aliphatic carbocycles. The minimum atomic E-state index is -3.36. The van der Waals surface area contributed by atoms with Gasteiger partial charge in [-0.05, 0) is 31.5 Å². The van der Waals surface area contributed by atoms with Gasteiger partial charge in [-0.1, -0.05) is 6.07 Å². The van der Waals surface area contributed by atoms with Gasteiger partial charge in [0.25, 0.3) is 5.91 Å². The Morgan fingerprint density at radius 2 is 1.80 bits per heavy atom. The molecule has 2 amide bonds. The molecule has 25 heavy (non-hydrogen) atoms. The highest BCUT2D eigenvalue weighted by atomic mass is 32.2. The number of sulfone groups is 1. The fourth-order valence-corrected chi connectivity index (χ4v) is 3.44. The lowest BCUT2D eigenvalue weighted by Gasteiger charge is -2.34. The van der Waals surface area contributed by atoms with Crippen LogP contribution in [0.1, 0.15) is 22.8 Å². The number of benzene rings is 1. The predicted octanol–water partition coefficient (Wildman–Crippen LogP) is 0.292. The maximum Gasteiger partial charge on any atom is 0.254 e. The number of aryl methyl sites for hydroxylation is 1. The van der Waals surface area contributed by atoms with Crippen LogP contribution in [0.3, 0.4) is 0 Å². The number of amides is 2. The van der Waals surface area contributed by atoms with Crippen LogP contribution in [0.2, 0.25) is 0 Å². The van der Waals surface area contributed by atoms with E-state index in [-0.39, 0.29) is 16.7 Å². The summed E-state index contributed by atoms with van der Waals surface area (Å²) in [6, 6.07) is 4.63. The maximum absolute atomic E-state index is 12.8. The topological polar surface area (TPSA) is 86.8 Å². The SMILES string of the molecule is CCNC(=O)CN1CCN(C(=O)c2cc(S(C)(=O)=O)ccc2C)CC1. The average Bonchev–Trinajstić information content (AvgIpc) is 2.54. The molecule has 1 aromatic rings. The number of likely N-dealkylation sites (N-methyl/N-ethyl adjacent to an activating group) is 1. The van der Waals surface area contributed by atoms with Gasteiger partial charge in [0.2, 0.25) is 5.91 Å². The van der Waals surface area contributed by atoms with E-state index >= 15 is 0 Å². The summed E-state index contributed by atoms with van der Waals surface area (Å²) >= 11 is 0. The molecular weight excluding hydrogens is 342 g/mol. The molecular formula is C17H25N3O4S. The van der Waals surface area contributed by atoms with Gasteiger partial charge in [-0.3, -0.25) is 14.5 Å². The first-order valence-corrected chi connectivity index (χ1v) is 10.2. The van der Waals surface area contributed by atoms with Crippen LogP contribution in [0.15, 0.2) is 23.1 Å². The predicted molar refractivity (Wildman–Crippen MR) is 95.3 cm³/mol. The van der Waals surface area contributed by atoms with Crippen molar-refractivity contribution < 1.29 is 18.0 Å². The average molecular weight is 367 g/mol. The standard InChI is InChI=1S/C17H25N3O4S/c1-4-18-16(21)12-19-7-9-20(10-8-19)17(22)15-11-14(25(3,23)24)6-5-13(15)2/h5-6,11H,4,7-10,12H2,1-3H3,(H,18,21). The number of rotatable bonds is 5. The van der Waals surface area contributed by atoms with Gasteiger partial charge in [-0.25, -0.2) is 8.42 Å². The van der Waals surface area contributed by atoms with Crippen molar-refractivity contribution in [3.05, 3.63) is 29.3 Å². The van der Waals surface area contributed by atoms with Crippen molar-refractivity contribution in [3.63, 3.8) is 0 Å². The Bertz CT molecular complexity index is 753. The first kappa shape index (κ1) is 19.4. The van der Waals surface area contributed by atoms with Gasteiger partial charge in [-0.15, -0.1) is 0 Å². The largest absolute Gasteiger partial charge is 0.355 e. The van der Waals surface area contributed by atoms with E-state index in [4.69, 9.17) is 0 Å². The molecule has 8 heteroatoms. The van der Waals surface area contributed by atoms with Crippen molar-refractivity contribution in [1.82, 2.24) is 15.1 Å². The lowest BCUT2D eigenvalue weighted by Crippen LogP contribution is -2.51. The molecule has 1 N–H and O–H groups in total. The van der Waals surface area contributed by atoms with Crippen LogP contribution in [-0.4, -0.2) is 75.6 Å². The van der Waals surface area contributed by atoms with Crippen molar-refractivity contribution in [2.45, 2.75) is 18.7 Å². The molecule has 0 radical (unpaired) electrons. The summed E-state index contributed by atoms with van der Waals surface area (Å²) in [4.78, 5) is 28.3. The molecule has 138 valence electrons. The number of nitrogens with zero attached hydrogens (tertiary/aromatic N) is 2. The van der Waals surface area contributed by atoms with E-state index in [1.54, 1.807) is 17.9 Å². The van der Waals surface area contributed by atoms with E-state index in [0.29, 0.717) is 44.8 Å². The molecule has 0 unspecified atom stereocenters. The first-order valence-electron chi connectivity index (χ1n) is 8.31. The van der Waals surface area contributed by atoms with Crippen LogP contribution in [0.5, 0.6) is 0 Å². The van der Waals surface area contributed by atoms with Crippen LogP contribution >= 0.6 is 0 Å². The molecule has 0 atom stereocenters. The van der Waals surface area contributed by atoms with Gasteiger partial charge >= 0.3 is 0 Å². The van der Waals surface area contributed by atoms with E-state index in [9.17, 15) is 18.0 Å². The van der Waals surface area contributed by atoms with Crippen LogP contribution in [0.25, 0.3) is 0 Å². The second-order valence-electron chi connectivity index (χ2n) is 6.27. The smallest absolute Gasteiger partial charge is 0.254 e. The molecule has 7 nitrogen and oxygen atoms in total. The number of nitrogens with one attached hydrogen (secondary N) is 1. The minimum Gasteiger partial charge on any atom is -0.355 e. The number of piperazine rings is 1. The van der Waals surface area contributed by atoms with E-state index in [2.05, 4.69) is 5.32 Å². The molecule has 0 aromatic heterocycles. The molecule has 1 aromatic carbocycles. The zero-order valence-electron chi connectivity index (χ0n) is 14.9. The number of carbonyl (C=O) groups is 2. The highest BCUT2D eigenvalue weighted by Gasteiger charge is 2.25. The van der Waals surface area contributed by atoms with Gasteiger partial charge in [0, 0.05) is 44.5 Å². The summed E-state index contributed by atoms with van der Waals surface area (Å²) in [5.74, 6) is -0.181. The third-order valence-corrected chi connectivity index (χ3v) is 5.38. The number of hydrogen-bond donors (Lipinski definition) is 1. The fraction of sp³-hybridized carbons (Fsp3) is 0.529. The summed E-state index contributed by atoms with van der Waals surface area (Å²) in [5, 5.41) is 2.76. The second kappa shape index (κ2) is 7.97. The number of hydrogen-bond acceptors (Lipinski definition) is 5. The fourth-order valence-electron chi connectivity index (χ4n) is 2.80. The third kappa shape index (κ3) is 5.02. The van der Waals surface area contributed by atoms with E-state index < -0.39 is 9.84 Å². The molecule has 0 bridgehead atoms. The Hall–Kier alpha value is -1.93. The summed E-state index contributed by atoms with van der Waals surface area (Å²) < 4.78 is 23.4. The lowest BCUT2D eigenvalue weighted by atomic mass is 10.1. The molecule has 2 rings (SSSR count). The lowest BCUT2D eigenvalue weighted by molar-refractivity contribution is -0.122. The Morgan fingerprint density at radius 1 is 1.16 bits per heavy atom. The summed E-state index contributed by atoms with van der Waals surface area (Å²) in [5.41, 5.74) is 1.17. The van der Waals surface area contributed by atoms with E-state index in [1.165, 1.54) is 12.1 Å².